The van der Waals surface area contributed by atoms with Gasteiger partial charge >= 0.3 is 0 Å². The van der Waals surface area contributed by atoms with E-state index in [4.69, 9.17) is 4.74 Å². The maximum atomic E-state index is 14.0. The van der Waals surface area contributed by atoms with E-state index < -0.39 is 34.9 Å². The second-order valence-corrected chi connectivity index (χ2v) is 8.04. The largest absolute Gasteiger partial charge is 0.496 e. The Morgan fingerprint density at radius 1 is 0.944 bits per heavy atom. The molecule has 0 radical (unpaired) electrons. The summed E-state index contributed by atoms with van der Waals surface area (Å²) in [5.41, 5.74) is -0.400. The minimum atomic E-state index is -0.916. The molecule has 2 heterocycles. The monoisotopic (exact) mass is 495 g/mol. The van der Waals surface area contributed by atoms with Crippen LogP contribution in [0.1, 0.15) is 44.0 Å². The lowest BCUT2D eigenvalue weighted by molar-refractivity contribution is 0.0688. The number of aromatic nitrogens is 2. The van der Waals surface area contributed by atoms with Gasteiger partial charge in [0.05, 0.1) is 12.7 Å². The molecule has 1 saturated heterocycles. The molecular formula is C25H23F2N5O4. The fourth-order valence-corrected chi connectivity index (χ4v) is 3.94. The number of hydrogen-bond donors (Lipinski definition) is 2. The number of carbonyl (C=O) groups is 3. The number of methoxy groups -OCH3 is 1. The molecule has 2 aromatic carbocycles. The number of anilines is 1. The van der Waals surface area contributed by atoms with Gasteiger partial charge in [-0.25, -0.2) is 18.7 Å². The predicted octanol–water partition coefficient (Wildman–Crippen LogP) is 3.05. The van der Waals surface area contributed by atoms with Gasteiger partial charge in [-0.1, -0.05) is 18.2 Å². The number of benzene rings is 2. The average molecular weight is 495 g/mol. The highest BCUT2D eigenvalue weighted by Crippen LogP contribution is 2.21. The zero-order chi connectivity index (χ0) is 25.7. The number of hydrogen-bond acceptors (Lipinski definition) is 6. The van der Waals surface area contributed by atoms with Crippen LogP contribution in [-0.4, -0.2) is 58.8 Å². The fraction of sp³-hybridized carbons (Fsp3) is 0.240. The van der Waals surface area contributed by atoms with Crippen molar-refractivity contribution in [3.8, 4) is 5.75 Å². The zero-order valence-electron chi connectivity index (χ0n) is 19.3. The molecular weight excluding hydrogens is 472 g/mol. The molecule has 0 saturated carbocycles. The summed E-state index contributed by atoms with van der Waals surface area (Å²) in [6, 6.07) is 9.57. The molecule has 1 aliphatic rings. The number of nitrogens with zero attached hydrogens (tertiary/aromatic N) is 3. The highest BCUT2D eigenvalue weighted by atomic mass is 19.1. The van der Waals surface area contributed by atoms with Crippen LogP contribution in [0.25, 0.3) is 0 Å². The Labute approximate surface area is 205 Å². The van der Waals surface area contributed by atoms with Gasteiger partial charge in [-0.3, -0.25) is 14.4 Å². The van der Waals surface area contributed by atoms with Crippen molar-refractivity contribution in [1.29, 1.82) is 0 Å². The van der Waals surface area contributed by atoms with Crippen molar-refractivity contribution >= 4 is 23.5 Å². The Morgan fingerprint density at radius 2 is 1.61 bits per heavy atom. The van der Waals surface area contributed by atoms with Crippen LogP contribution in [0.15, 0.2) is 54.9 Å². The molecule has 36 heavy (non-hydrogen) atoms. The maximum absolute atomic E-state index is 14.0. The Kier molecular flexibility index (Phi) is 7.47. The number of ether oxygens (including phenoxy) is 1. The molecule has 1 fully saturated rings. The minimum Gasteiger partial charge on any atom is -0.496 e. The quantitative estimate of drug-likeness (QED) is 0.544. The second-order valence-electron chi connectivity index (χ2n) is 8.04. The molecule has 186 valence electrons. The Balaban J connectivity index is 1.39. The van der Waals surface area contributed by atoms with Crippen molar-refractivity contribution in [3.05, 3.63) is 83.3 Å². The molecule has 1 aromatic heterocycles. The third-order valence-electron chi connectivity index (χ3n) is 5.79. The molecule has 3 aromatic rings. The first kappa shape index (κ1) is 24.7. The van der Waals surface area contributed by atoms with Gasteiger partial charge in [0.1, 0.15) is 22.9 Å². The molecule has 4 rings (SSSR count). The van der Waals surface area contributed by atoms with E-state index in [2.05, 4.69) is 20.6 Å². The van der Waals surface area contributed by atoms with Crippen molar-refractivity contribution in [1.82, 2.24) is 20.2 Å². The number of likely N-dealkylation sites (tertiary alicyclic amines) is 1. The van der Waals surface area contributed by atoms with E-state index in [-0.39, 0.29) is 36.2 Å². The molecule has 0 unspecified atom stereocenters. The molecule has 9 nitrogen and oxygen atoms in total. The van der Waals surface area contributed by atoms with Crippen LogP contribution in [-0.2, 0) is 0 Å². The summed E-state index contributed by atoms with van der Waals surface area (Å²) in [4.78, 5) is 47.8. The molecule has 11 heteroatoms. The lowest BCUT2D eigenvalue weighted by atomic mass is 10.0. The van der Waals surface area contributed by atoms with Crippen molar-refractivity contribution in [2.45, 2.75) is 18.9 Å². The van der Waals surface area contributed by atoms with E-state index in [0.29, 0.717) is 18.6 Å². The highest BCUT2D eigenvalue weighted by molar-refractivity contribution is 6.08. The second kappa shape index (κ2) is 10.9. The van der Waals surface area contributed by atoms with Crippen molar-refractivity contribution in [2.75, 3.05) is 25.5 Å². The summed E-state index contributed by atoms with van der Waals surface area (Å²) in [5, 5.41) is 5.42. The minimum absolute atomic E-state index is 0.0199. The van der Waals surface area contributed by atoms with Crippen LogP contribution in [0.4, 0.5) is 14.6 Å². The van der Waals surface area contributed by atoms with Gasteiger partial charge in [-0.05, 0) is 37.1 Å². The van der Waals surface area contributed by atoms with E-state index in [1.165, 1.54) is 30.5 Å². The number of halogens is 2. The van der Waals surface area contributed by atoms with Gasteiger partial charge in [-0.15, -0.1) is 0 Å². The van der Waals surface area contributed by atoms with Gasteiger partial charge in [0.25, 0.3) is 17.7 Å². The molecule has 3 amide bonds. The van der Waals surface area contributed by atoms with E-state index in [1.807, 2.05) is 0 Å². The number of nitrogens with one attached hydrogen (secondary N) is 2. The van der Waals surface area contributed by atoms with Crippen LogP contribution in [0.3, 0.4) is 0 Å². The molecule has 0 bridgehead atoms. The first-order chi connectivity index (χ1) is 17.4. The van der Waals surface area contributed by atoms with Crippen LogP contribution in [0.2, 0.25) is 0 Å². The van der Waals surface area contributed by atoms with Gasteiger partial charge in [0.2, 0.25) is 0 Å². The smallest absolute Gasteiger partial charge is 0.273 e. The van der Waals surface area contributed by atoms with Gasteiger partial charge in [0.15, 0.2) is 11.5 Å². The molecule has 1 aliphatic heterocycles. The zero-order valence-corrected chi connectivity index (χ0v) is 19.3. The van der Waals surface area contributed by atoms with Crippen LogP contribution in [0, 0.1) is 11.6 Å². The Bertz CT molecular complexity index is 1270. The summed E-state index contributed by atoms with van der Waals surface area (Å²) in [6.45, 7) is 0.408. The van der Waals surface area contributed by atoms with Crippen molar-refractivity contribution in [3.63, 3.8) is 0 Å². The maximum Gasteiger partial charge on any atom is 0.273 e. The van der Waals surface area contributed by atoms with Crippen molar-refractivity contribution < 1.29 is 27.9 Å². The van der Waals surface area contributed by atoms with E-state index in [1.54, 1.807) is 24.3 Å². The third-order valence-corrected chi connectivity index (χ3v) is 5.79. The molecule has 0 aliphatic carbocycles. The van der Waals surface area contributed by atoms with Gasteiger partial charge in [-0.2, -0.15) is 0 Å². The predicted molar refractivity (Wildman–Crippen MR) is 126 cm³/mol. The SMILES string of the molecule is COc1ccccc1C(=O)Nc1nccnc1C(=O)NC1CCN(C(=O)c2c(F)cccc2F)CC1. The number of amides is 3. The normalized spacial score (nSPS) is 13.7. The lowest BCUT2D eigenvalue weighted by Gasteiger charge is -2.32. The summed E-state index contributed by atoms with van der Waals surface area (Å²) in [6.07, 6.45) is 3.42. The Morgan fingerprint density at radius 3 is 2.31 bits per heavy atom. The summed E-state index contributed by atoms with van der Waals surface area (Å²) in [5.74, 6) is -3.29. The number of piperidine rings is 1. The van der Waals surface area contributed by atoms with Gasteiger partial charge < -0.3 is 20.3 Å². The number of rotatable bonds is 6. The van der Waals surface area contributed by atoms with E-state index in [9.17, 15) is 23.2 Å². The lowest BCUT2D eigenvalue weighted by Crippen LogP contribution is -2.47. The third kappa shape index (κ3) is 5.29. The fourth-order valence-electron chi connectivity index (χ4n) is 3.94. The topological polar surface area (TPSA) is 114 Å². The van der Waals surface area contributed by atoms with Crippen LogP contribution >= 0.6 is 0 Å². The first-order valence-electron chi connectivity index (χ1n) is 11.2. The highest BCUT2D eigenvalue weighted by Gasteiger charge is 2.29. The molecule has 0 spiro atoms. The summed E-state index contributed by atoms with van der Waals surface area (Å²) in [7, 11) is 1.44. The van der Waals surface area contributed by atoms with Gasteiger partial charge in [0, 0.05) is 31.5 Å². The standard InChI is InChI=1S/C25H23F2N5O4/c1-36-19-8-3-2-5-16(19)23(33)31-22-21(28-11-12-29-22)24(34)30-15-9-13-32(14-10-15)25(35)20-17(26)6-4-7-18(20)27/h2-8,11-12,15H,9-10,13-14H2,1H3,(H,30,34)(H,29,31,33). The van der Waals surface area contributed by atoms with Crippen LogP contribution in [0.5, 0.6) is 5.75 Å². The van der Waals surface area contributed by atoms with Crippen LogP contribution < -0.4 is 15.4 Å². The average Bonchev–Trinajstić information content (AvgIpc) is 2.89. The summed E-state index contributed by atoms with van der Waals surface area (Å²) >= 11 is 0. The van der Waals surface area contributed by atoms with E-state index in [0.717, 1.165) is 12.1 Å². The Hall–Kier alpha value is -4.41. The molecule has 0 atom stereocenters. The van der Waals surface area contributed by atoms with E-state index >= 15 is 0 Å². The summed E-state index contributed by atoms with van der Waals surface area (Å²) < 4.78 is 33.2. The van der Waals surface area contributed by atoms with Crippen molar-refractivity contribution in [2.24, 2.45) is 0 Å². The first-order valence-corrected chi connectivity index (χ1v) is 11.2. The molecule has 2 N–H and O–H groups in total. The number of para-hydroxylation sites is 1. The number of carbonyl (C=O) groups excluding carboxylic acids is 3.